The molecule has 0 radical (unpaired) electrons. The number of para-hydroxylation sites is 1. The second-order valence-electron chi connectivity index (χ2n) is 5.85. The molecule has 1 heterocycles. The van der Waals surface area contributed by atoms with E-state index in [9.17, 15) is 31.4 Å². The number of pyridine rings is 1. The van der Waals surface area contributed by atoms with E-state index in [0.717, 1.165) is 12.5 Å². The Kier molecular flexibility index (Phi) is 7.88. The van der Waals surface area contributed by atoms with Crippen molar-refractivity contribution in [1.29, 1.82) is 0 Å². The highest BCUT2D eigenvalue weighted by molar-refractivity contribution is 5.86. The zero-order valence-electron chi connectivity index (χ0n) is 14.3. The number of aliphatic hydroxyl groups is 1. The lowest BCUT2D eigenvalue weighted by Gasteiger charge is -2.18. The third kappa shape index (κ3) is 5.70. The van der Waals surface area contributed by atoms with E-state index in [0.29, 0.717) is 25.2 Å². The van der Waals surface area contributed by atoms with Gasteiger partial charge in [-0.25, -0.2) is 4.98 Å². The highest BCUT2D eigenvalue weighted by Crippen LogP contribution is 2.39. The van der Waals surface area contributed by atoms with Gasteiger partial charge in [0.05, 0.1) is 17.2 Å². The molecule has 1 atom stereocenters. The van der Waals surface area contributed by atoms with Crippen LogP contribution in [0.3, 0.4) is 0 Å². The molecule has 3 nitrogen and oxygen atoms in total. The Labute approximate surface area is 158 Å². The van der Waals surface area contributed by atoms with Crippen molar-refractivity contribution in [3.05, 3.63) is 41.1 Å². The van der Waals surface area contributed by atoms with Gasteiger partial charge in [0.2, 0.25) is 0 Å². The van der Waals surface area contributed by atoms with Gasteiger partial charge in [0.1, 0.15) is 5.69 Å². The van der Waals surface area contributed by atoms with Crippen LogP contribution in [0.2, 0.25) is 0 Å². The molecule has 0 spiro atoms. The summed E-state index contributed by atoms with van der Waals surface area (Å²) in [6, 6.07) is 3.61. The van der Waals surface area contributed by atoms with Crippen molar-refractivity contribution in [3.63, 3.8) is 0 Å². The van der Waals surface area contributed by atoms with E-state index in [1.54, 1.807) is 0 Å². The Morgan fingerprint density at radius 2 is 1.74 bits per heavy atom. The number of benzene rings is 1. The van der Waals surface area contributed by atoms with Crippen LogP contribution >= 0.6 is 12.4 Å². The van der Waals surface area contributed by atoms with E-state index in [-0.39, 0.29) is 29.8 Å². The summed E-state index contributed by atoms with van der Waals surface area (Å²) in [5.41, 5.74) is -3.76. The van der Waals surface area contributed by atoms with E-state index in [1.807, 2.05) is 6.92 Å². The number of aromatic nitrogens is 1. The van der Waals surface area contributed by atoms with Crippen molar-refractivity contribution in [2.75, 3.05) is 13.1 Å². The fourth-order valence-electron chi connectivity index (χ4n) is 2.62. The molecular weight excluding hydrogens is 398 g/mol. The monoisotopic (exact) mass is 416 g/mol. The standard InChI is InChI=1S/C17H18F6N2O.ClH/c1-2-7-24-8-6-13(26)11-9-14(17(21,22)23)25-15-10(11)4-3-5-12(15)16(18,19)20;/h3-5,9,13,24,26H,2,6-8H2,1H3;1H. The van der Waals surface area contributed by atoms with Gasteiger partial charge in [0.15, 0.2) is 0 Å². The lowest BCUT2D eigenvalue weighted by molar-refractivity contribution is -0.142. The summed E-state index contributed by atoms with van der Waals surface area (Å²) >= 11 is 0. The van der Waals surface area contributed by atoms with Gasteiger partial charge in [-0.15, -0.1) is 12.4 Å². The van der Waals surface area contributed by atoms with Crippen LogP contribution in [-0.2, 0) is 12.4 Å². The number of hydrogen-bond acceptors (Lipinski definition) is 3. The minimum Gasteiger partial charge on any atom is -0.388 e. The van der Waals surface area contributed by atoms with Crippen molar-refractivity contribution < 1.29 is 31.4 Å². The number of hydrogen-bond donors (Lipinski definition) is 2. The quantitative estimate of drug-likeness (QED) is 0.507. The van der Waals surface area contributed by atoms with Gasteiger partial charge in [0, 0.05) is 5.39 Å². The second kappa shape index (κ2) is 9.07. The molecule has 27 heavy (non-hydrogen) atoms. The highest BCUT2D eigenvalue weighted by Gasteiger charge is 2.37. The van der Waals surface area contributed by atoms with Crippen LogP contribution in [0.5, 0.6) is 0 Å². The average Bonchev–Trinajstić information content (AvgIpc) is 2.55. The van der Waals surface area contributed by atoms with Crippen LogP contribution in [0.4, 0.5) is 26.3 Å². The predicted octanol–water partition coefficient (Wildman–Crippen LogP) is 5.12. The van der Waals surface area contributed by atoms with Gasteiger partial charge in [-0.2, -0.15) is 26.3 Å². The molecule has 2 rings (SSSR count). The predicted molar refractivity (Wildman–Crippen MR) is 91.7 cm³/mol. The Morgan fingerprint density at radius 1 is 1.07 bits per heavy atom. The molecule has 0 saturated carbocycles. The van der Waals surface area contributed by atoms with E-state index in [4.69, 9.17) is 0 Å². The first kappa shape index (κ1) is 23.5. The number of halogens is 7. The number of aliphatic hydroxyl groups excluding tert-OH is 1. The molecule has 0 bridgehead atoms. The molecule has 1 aromatic heterocycles. The van der Waals surface area contributed by atoms with Gasteiger partial charge < -0.3 is 10.4 Å². The summed E-state index contributed by atoms with van der Waals surface area (Å²) in [5, 5.41) is 13.1. The van der Waals surface area contributed by atoms with E-state index in [2.05, 4.69) is 10.3 Å². The molecular formula is C17H19ClF6N2O. The molecule has 2 N–H and O–H groups in total. The SMILES string of the molecule is CCCNCCC(O)c1cc(C(F)(F)F)nc2c(C(F)(F)F)cccc12.Cl. The van der Waals surface area contributed by atoms with Crippen molar-refractivity contribution in [1.82, 2.24) is 10.3 Å². The largest absolute Gasteiger partial charge is 0.433 e. The number of alkyl halides is 6. The molecule has 0 aliphatic heterocycles. The molecule has 152 valence electrons. The lowest BCUT2D eigenvalue weighted by Crippen LogP contribution is -2.19. The van der Waals surface area contributed by atoms with Crippen LogP contribution < -0.4 is 5.32 Å². The van der Waals surface area contributed by atoms with Crippen LogP contribution in [0.1, 0.15) is 42.7 Å². The zero-order chi connectivity index (χ0) is 19.5. The molecule has 0 fully saturated rings. The van der Waals surface area contributed by atoms with Gasteiger partial charge in [-0.05, 0) is 43.6 Å². The molecule has 0 amide bonds. The number of nitrogens with zero attached hydrogens (tertiary/aromatic N) is 1. The molecule has 10 heteroatoms. The van der Waals surface area contributed by atoms with Crippen molar-refractivity contribution in [2.45, 2.75) is 38.2 Å². The van der Waals surface area contributed by atoms with Crippen LogP contribution in [0.25, 0.3) is 10.9 Å². The maximum Gasteiger partial charge on any atom is 0.433 e. The summed E-state index contributed by atoms with van der Waals surface area (Å²) in [5.74, 6) is 0. The smallest absolute Gasteiger partial charge is 0.388 e. The summed E-state index contributed by atoms with van der Waals surface area (Å²) in [6.45, 7) is 2.91. The highest BCUT2D eigenvalue weighted by atomic mass is 35.5. The van der Waals surface area contributed by atoms with Crippen LogP contribution in [0, 0.1) is 0 Å². The first-order valence-electron chi connectivity index (χ1n) is 8.02. The van der Waals surface area contributed by atoms with Gasteiger partial charge in [-0.1, -0.05) is 19.1 Å². The molecule has 1 unspecified atom stereocenters. The fourth-order valence-corrected chi connectivity index (χ4v) is 2.62. The maximum atomic E-state index is 13.2. The molecule has 2 aromatic rings. The lowest BCUT2D eigenvalue weighted by atomic mass is 9.98. The normalized spacial score (nSPS) is 13.5. The van der Waals surface area contributed by atoms with Crippen LogP contribution in [0.15, 0.2) is 24.3 Å². The van der Waals surface area contributed by atoms with Crippen molar-refractivity contribution >= 4 is 23.3 Å². The maximum absolute atomic E-state index is 13.2. The summed E-state index contributed by atoms with van der Waals surface area (Å²) in [6.07, 6.45) is -10.2. The minimum atomic E-state index is -4.93. The third-order valence-electron chi connectivity index (χ3n) is 3.85. The first-order valence-corrected chi connectivity index (χ1v) is 8.02. The second-order valence-corrected chi connectivity index (χ2v) is 5.85. The molecule has 0 aliphatic rings. The minimum absolute atomic E-state index is 0. The summed E-state index contributed by atoms with van der Waals surface area (Å²) < 4.78 is 78.8. The Morgan fingerprint density at radius 3 is 2.30 bits per heavy atom. The summed E-state index contributed by atoms with van der Waals surface area (Å²) in [7, 11) is 0. The van der Waals surface area contributed by atoms with E-state index < -0.39 is 35.2 Å². The van der Waals surface area contributed by atoms with Gasteiger partial charge in [-0.3, -0.25) is 0 Å². The van der Waals surface area contributed by atoms with Crippen molar-refractivity contribution in [2.24, 2.45) is 0 Å². The Balaban J connectivity index is 0.00000364. The number of fused-ring (bicyclic) bond motifs is 1. The molecule has 0 saturated heterocycles. The molecule has 0 aliphatic carbocycles. The molecule has 1 aromatic carbocycles. The average molecular weight is 417 g/mol. The van der Waals surface area contributed by atoms with Gasteiger partial charge >= 0.3 is 12.4 Å². The first-order chi connectivity index (χ1) is 12.1. The fraction of sp³-hybridized carbons (Fsp3) is 0.471. The number of nitrogens with one attached hydrogen (secondary N) is 1. The number of rotatable bonds is 6. The topological polar surface area (TPSA) is 45.1 Å². The van der Waals surface area contributed by atoms with Crippen molar-refractivity contribution in [3.8, 4) is 0 Å². The Bertz CT molecular complexity index is 763. The van der Waals surface area contributed by atoms with Gasteiger partial charge in [0.25, 0.3) is 0 Å². The van der Waals surface area contributed by atoms with Crippen LogP contribution in [-0.4, -0.2) is 23.2 Å². The van der Waals surface area contributed by atoms with E-state index in [1.165, 1.54) is 6.07 Å². The third-order valence-corrected chi connectivity index (χ3v) is 3.85. The summed E-state index contributed by atoms with van der Waals surface area (Å²) in [4.78, 5) is 3.19. The zero-order valence-corrected chi connectivity index (χ0v) is 15.1. The Hall–Kier alpha value is -1.58. The van der Waals surface area contributed by atoms with E-state index >= 15 is 0 Å².